The zero-order valence-electron chi connectivity index (χ0n) is 19.4. The zero-order valence-corrected chi connectivity index (χ0v) is 19.4. The van der Waals surface area contributed by atoms with Gasteiger partial charge in [-0.25, -0.2) is 0 Å². The molecule has 6 nitrogen and oxygen atoms in total. The summed E-state index contributed by atoms with van der Waals surface area (Å²) >= 11 is 0. The largest absolute Gasteiger partial charge is 0.493 e. The van der Waals surface area contributed by atoms with Gasteiger partial charge in [-0.05, 0) is 83.3 Å². The Morgan fingerprint density at radius 2 is 0.941 bits per heavy atom. The van der Waals surface area contributed by atoms with Crippen molar-refractivity contribution in [3.05, 3.63) is 58.7 Å². The van der Waals surface area contributed by atoms with Gasteiger partial charge in [-0.15, -0.1) is 0 Å². The number of aryl methyl sites for hydroxylation is 2. The molecule has 34 heavy (non-hydrogen) atoms. The van der Waals surface area contributed by atoms with Gasteiger partial charge in [0.1, 0.15) is 11.5 Å². The third kappa shape index (κ3) is 5.11. The average molecular weight is 463 g/mol. The summed E-state index contributed by atoms with van der Waals surface area (Å²) in [5.74, 6) is 0.884. The minimum atomic E-state index is -0.396. The summed E-state index contributed by atoms with van der Waals surface area (Å²) in [5, 5.41) is 0. The normalized spacial score (nSPS) is 21.4. The molecule has 0 fully saturated rings. The fourth-order valence-electron chi connectivity index (χ4n) is 4.92. The molecule has 0 unspecified atom stereocenters. The number of hydrogen-bond acceptors (Lipinski definition) is 6. The third-order valence-electron chi connectivity index (χ3n) is 6.64. The summed E-state index contributed by atoms with van der Waals surface area (Å²) in [5.41, 5.74) is 8.16. The van der Waals surface area contributed by atoms with Gasteiger partial charge in [-0.1, -0.05) is 12.1 Å². The average Bonchev–Trinajstić information content (AvgIpc) is 3.45. The minimum Gasteiger partial charge on any atom is -0.493 e. The first-order valence-corrected chi connectivity index (χ1v) is 12.2. The maximum atomic E-state index is 11.9. The molecule has 0 amide bonds. The molecule has 178 valence electrons. The van der Waals surface area contributed by atoms with Gasteiger partial charge in [0.2, 0.25) is 0 Å². The van der Waals surface area contributed by atoms with Crippen LogP contribution in [0, 0.1) is 0 Å². The van der Waals surface area contributed by atoms with E-state index in [1.807, 2.05) is 12.1 Å². The Hall–Kier alpha value is -3.28. The van der Waals surface area contributed by atoms with E-state index in [1.165, 1.54) is 33.4 Å². The molecule has 0 saturated carbocycles. The van der Waals surface area contributed by atoms with Crippen LogP contribution in [-0.4, -0.2) is 38.4 Å². The summed E-state index contributed by atoms with van der Waals surface area (Å²) in [6, 6.07) is 12.7. The molecule has 2 aromatic rings. The van der Waals surface area contributed by atoms with Gasteiger partial charge in [0.15, 0.2) is 0 Å². The summed E-state index contributed by atoms with van der Waals surface area (Å²) in [6.45, 7) is 1.46. The van der Waals surface area contributed by atoms with Crippen molar-refractivity contribution in [3.8, 4) is 11.5 Å². The maximum Gasteiger partial charge on any atom is 0.306 e. The van der Waals surface area contributed by atoms with Crippen LogP contribution in [0.2, 0.25) is 0 Å². The van der Waals surface area contributed by atoms with E-state index in [4.69, 9.17) is 18.9 Å². The van der Waals surface area contributed by atoms with E-state index in [1.54, 1.807) is 0 Å². The molecule has 4 bridgehead atoms. The topological polar surface area (TPSA) is 71.1 Å². The second-order valence-corrected chi connectivity index (χ2v) is 8.94. The molecule has 0 saturated heterocycles. The van der Waals surface area contributed by atoms with Crippen LogP contribution in [-0.2, 0) is 31.9 Å². The molecule has 0 radical (unpaired) electrons. The smallest absolute Gasteiger partial charge is 0.306 e. The number of esters is 2. The third-order valence-corrected chi connectivity index (χ3v) is 6.64. The second-order valence-electron chi connectivity index (χ2n) is 8.94. The lowest BCUT2D eigenvalue weighted by atomic mass is 9.97. The Labute approximate surface area is 199 Å². The molecule has 2 aliphatic carbocycles. The molecule has 0 aromatic heterocycles. The van der Waals surface area contributed by atoms with Crippen LogP contribution in [0.1, 0.15) is 60.8 Å². The Balaban J connectivity index is 1.39. The summed E-state index contributed by atoms with van der Waals surface area (Å²) in [4.78, 5) is 23.7. The quantitative estimate of drug-likeness (QED) is 0.518. The number of cyclic esters (lactones) is 2. The number of ether oxygens (including phenoxy) is 4. The number of hydrogen-bond donors (Lipinski definition) is 0. The van der Waals surface area contributed by atoms with Crippen molar-refractivity contribution in [3.63, 3.8) is 0 Å². The van der Waals surface area contributed by atoms with Crippen molar-refractivity contribution in [1.29, 1.82) is 0 Å². The Kier molecular flexibility index (Phi) is 6.84. The lowest BCUT2D eigenvalue weighted by molar-refractivity contribution is -0.150. The van der Waals surface area contributed by atoms with E-state index in [2.05, 4.69) is 24.3 Å². The monoisotopic (exact) mass is 462 g/mol. The molecule has 1 heterocycles. The van der Waals surface area contributed by atoms with Crippen LogP contribution >= 0.6 is 0 Å². The summed E-state index contributed by atoms with van der Waals surface area (Å²) in [6.07, 6.45) is 5.42. The van der Waals surface area contributed by atoms with E-state index in [9.17, 15) is 9.59 Å². The van der Waals surface area contributed by atoms with Gasteiger partial charge in [-0.2, -0.15) is 0 Å². The molecule has 5 rings (SSSR count). The predicted molar refractivity (Wildman–Crippen MR) is 128 cm³/mol. The van der Waals surface area contributed by atoms with Crippen LogP contribution in [0.5, 0.6) is 11.5 Å². The van der Waals surface area contributed by atoms with E-state index in [-0.39, 0.29) is 26.1 Å². The molecular formula is C28H30O6. The maximum absolute atomic E-state index is 11.9. The van der Waals surface area contributed by atoms with E-state index >= 15 is 0 Å². The van der Waals surface area contributed by atoms with Crippen molar-refractivity contribution in [2.45, 2.75) is 51.4 Å². The molecule has 6 heteroatoms. The van der Waals surface area contributed by atoms with Gasteiger partial charge in [0.05, 0.1) is 39.3 Å². The number of rotatable bonds is 0. The summed E-state index contributed by atoms with van der Waals surface area (Å²) < 4.78 is 22.3. The highest BCUT2D eigenvalue weighted by atomic mass is 16.5. The van der Waals surface area contributed by atoms with Gasteiger partial charge in [0.25, 0.3) is 0 Å². The zero-order chi connectivity index (χ0) is 23.3. The van der Waals surface area contributed by atoms with Crippen molar-refractivity contribution in [2.75, 3.05) is 26.4 Å². The van der Waals surface area contributed by atoms with Crippen LogP contribution in [0.4, 0.5) is 0 Å². The van der Waals surface area contributed by atoms with Gasteiger partial charge >= 0.3 is 11.9 Å². The molecule has 1 aliphatic heterocycles. The van der Waals surface area contributed by atoms with E-state index < -0.39 is 11.9 Å². The fraction of sp³-hybridized carbons (Fsp3) is 0.429. The summed E-state index contributed by atoms with van der Waals surface area (Å²) in [7, 11) is 0. The molecule has 0 N–H and O–H groups in total. The first-order chi connectivity index (χ1) is 16.7. The van der Waals surface area contributed by atoms with Crippen molar-refractivity contribution < 1.29 is 28.5 Å². The van der Waals surface area contributed by atoms with Crippen LogP contribution in [0.25, 0.3) is 11.1 Å². The number of allylic oxidation sites excluding steroid dienone is 2. The highest BCUT2D eigenvalue weighted by Gasteiger charge is 2.26. The van der Waals surface area contributed by atoms with E-state index in [0.29, 0.717) is 26.1 Å². The number of benzene rings is 2. The van der Waals surface area contributed by atoms with Crippen molar-refractivity contribution in [2.24, 2.45) is 0 Å². The first-order valence-electron chi connectivity index (χ1n) is 12.2. The van der Waals surface area contributed by atoms with Crippen molar-refractivity contribution >= 4 is 23.1 Å². The van der Waals surface area contributed by atoms with Crippen LogP contribution in [0.15, 0.2) is 36.4 Å². The minimum absolute atomic E-state index is 0.0214. The predicted octanol–water partition coefficient (Wildman–Crippen LogP) is 4.91. The van der Waals surface area contributed by atoms with Crippen LogP contribution in [0.3, 0.4) is 0 Å². The van der Waals surface area contributed by atoms with E-state index in [0.717, 1.165) is 37.2 Å². The lowest BCUT2D eigenvalue weighted by Crippen LogP contribution is -2.13. The first kappa shape index (κ1) is 22.5. The molecule has 0 spiro atoms. The lowest BCUT2D eigenvalue weighted by Gasteiger charge is -2.13. The fourth-order valence-corrected chi connectivity index (χ4v) is 4.92. The molecule has 3 aliphatic rings. The van der Waals surface area contributed by atoms with Gasteiger partial charge < -0.3 is 18.9 Å². The van der Waals surface area contributed by atoms with Gasteiger partial charge in [-0.3, -0.25) is 9.59 Å². The Morgan fingerprint density at radius 1 is 0.500 bits per heavy atom. The number of carbonyl (C=O) groups is 2. The molecule has 2 aromatic carbocycles. The molecular weight excluding hydrogens is 432 g/mol. The van der Waals surface area contributed by atoms with Crippen LogP contribution < -0.4 is 9.47 Å². The standard InChI is InChI=1S/C28H30O6/c29-27-11-12-28(30)34-16-2-14-32-22-8-4-20-6-10-24(26(20)18-22)23-9-5-19-3-7-21(17-25(19)23)31-13-1-15-33-27/h3-4,7-8,17-18H,1-2,5-6,9-16H2/b24-23-. The Bertz CT molecular complexity index is 1030. The van der Waals surface area contributed by atoms with Crippen molar-refractivity contribution in [1.82, 2.24) is 0 Å². The highest BCUT2D eigenvalue weighted by Crippen LogP contribution is 2.45. The molecule has 0 atom stereocenters. The van der Waals surface area contributed by atoms with Gasteiger partial charge in [0, 0.05) is 12.8 Å². The Morgan fingerprint density at radius 3 is 1.41 bits per heavy atom. The second kappa shape index (κ2) is 10.3. The number of fused-ring (bicyclic) bond motifs is 2. The SMILES string of the molecule is O=C1CCC(=O)OCCCOc2ccc3c(c2)/C(=C2/CCc4ccc(cc42)OCCCO1)CC3. The highest BCUT2D eigenvalue weighted by molar-refractivity contribution is 5.96. The number of carbonyl (C=O) groups excluding carboxylic acids is 2.